The number of carbonyl (C=O) groups is 2. The maximum Gasteiger partial charge on any atom is 0.317 e. The molecule has 2 bridgehead atoms. The van der Waals surface area contributed by atoms with Crippen LogP contribution in [0.2, 0.25) is 0 Å². The van der Waals surface area contributed by atoms with Gasteiger partial charge in [0.2, 0.25) is 5.91 Å². The van der Waals surface area contributed by atoms with Gasteiger partial charge in [0, 0.05) is 43.3 Å². The molecule has 3 aliphatic rings. The summed E-state index contributed by atoms with van der Waals surface area (Å²) < 4.78 is 0. The Kier molecular flexibility index (Phi) is 7.94. The molecule has 182 valence electrons. The van der Waals surface area contributed by atoms with Gasteiger partial charge in [0.15, 0.2) is 0 Å². The molecule has 2 saturated heterocycles. The van der Waals surface area contributed by atoms with Gasteiger partial charge in [0.1, 0.15) is 0 Å². The highest BCUT2D eigenvalue weighted by Crippen LogP contribution is 2.43. The van der Waals surface area contributed by atoms with E-state index in [4.69, 9.17) is 5.73 Å². The number of nitrogens with two attached hydrogens (primary N) is 1. The van der Waals surface area contributed by atoms with Crippen LogP contribution in [0.3, 0.4) is 0 Å². The van der Waals surface area contributed by atoms with Gasteiger partial charge in [-0.3, -0.25) is 9.69 Å². The first-order valence-electron chi connectivity index (χ1n) is 13.1. The standard InChI is InChI=1S/C27H42N4O2/c1-19(2)29-27(33)30(18-20-8-4-3-5-9-20)14-15-31-22-12-13-23(31)17-21(16-22)24-10-6-7-11-25(24)26(28)32/h6-7,10-11,19-23H,3-5,8-9,12-18H2,1-2H3,(H2,28,32)(H,29,33). The number of nitrogens with one attached hydrogen (secondary N) is 1. The first kappa shape index (κ1) is 24.1. The van der Waals surface area contributed by atoms with Gasteiger partial charge >= 0.3 is 6.03 Å². The Bertz CT molecular complexity index is 806. The second kappa shape index (κ2) is 10.9. The minimum Gasteiger partial charge on any atom is -0.366 e. The molecule has 1 aromatic carbocycles. The second-order valence-corrected chi connectivity index (χ2v) is 10.8. The Labute approximate surface area is 199 Å². The molecule has 2 aliphatic heterocycles. The first-order chi connectivity index (χ1) is 15.9. The van der Waals surface area contributed by atoms with Crippen LogP contribution < -0.4 is 11.1 Å². The summed E-state index contributed by atoms with van der Waals surface area (Å²) in [4.78, 5) is 29.7. The lowest BCUT2D eigenvalue weighted by atomic mass is 9.82. The van der Waals surface area contributed by atoms with Crippen molar-refractivity contribution in [3.63, 3.8) is 0 Å². The van der Waals surface area contributed by atoms with Crippen LogP contribution in [0.25, 0.3) is 0 Å². The van der Waals surface area contributed by atoms with Crippen molar-refractivity contribution in [3.8, 4) is 0 Å². The van der Waals surface area contributed by atoms with Crippen LogP contribution in [0, 0.1) is 5.92 Å². The lowest BCUT2D eigenvalue weighted by molar-refractivity contribution is 0.0986. The Morgan fingerprint density at radius 1 is 1.06 bits per heavy atom. The van der Waals surface area contributed by atoms with Crippen LogP contribution in [-0.2, 0) is 0 Å². The van der Waals surface area contributed by atoms with Gasteiger partial charge in [-0.25, -0.2) is 4.79 Å². The van der Waals surface area contributed by atoms with Crippen LogP contribution >= 0.6 is 0 Å². The van der Waals surface area contributed by atoms with E-state index in [9.17, 15) is 9.59 Å². The number of carbonyl (C=O) groups excluding carboxylic acids is 2. The fraction of sp³-hybridized carbons (Fsp3) is 0.704. The van der Waals surface area contributed by atoms with Crippen LogP contribution in [-0.4, -0.2) is 59.5 Å². The lowest BCUT2D eigenvalue weighted by Crippen LogP contribution is -2.50. The summed E-state index contributed by atoms with van der Waals surface area (Å²) in [7, 11) is 0. The number of benzene rings is 1. The minimum atomic E-state index is -0.324. The Morgan fingerprint density at radius 2 is 1.73 bits per heavy atom. The molecule has 3 amide bonds. The normalized spacial score (nSPS) is 25.8. The Balaban J connectivity index is 1.39. The average Bonchev–Trinajstić information content (AvgIpc) is 3.03. The molecule has 2 atom stereocenters. The van der Waals surface area contributed by atoms with Gasteiger partial charge in [-0.1, -0.05) is 37.5 Å². The molecule has 33 heavy (non-hydrogen) atoms. The van der Waals surface area contributed by atoms with Gasteiger partial charge < -0.3 is 16.0 Å². The third-order valence-corrected chi connectivity index (χ3v) is 8.08. The predicted octanol–water partition coefficient (Wildman–Crippen LogP) is 4.50. The van der Waals surface area contributed by atoms with E-state index in [1.165, 1.54) is 44.9 Å². The molecular formula is C27H42N4O2. The van der Waals surface area contributed by atoms with E-state index < -0.39 is 0 Å². The number of piperidine rings is 1. The van der Waals surface area contributed by atoms with E-state index in [0.717, 1.165) is 38.0 Å². The SMILES string of the molecule is CC(C)NC(=O)N(CCN1C2CCC1CC(c1ccccc1C(N)=O)C2)CC1CCCCC1. The van der Waals surface area contributed by atoms with Crippen molar-refractivity contribution in [2.75, 3.05) is 19.6 Å². The summed E-state index contributed by atoms with van der Waals surface area (Å²) in [5, 5.41) is 3.13. The van der Waals surface area contributed by atoms with Crippen molar-refractivity contribution >= 4 is 11.9 Å². The largest absolute Gasteiger partial charge is 0.366 e. The number of fused-ring (bicyclic) bond motifs is 2. The zero-order valence-electron chi connectivity index (χ0n) is 20.5. The topological polar surface area (TPSA) is 78.7 Å². The quantitative estimate of drug-likeness (QED) is 0.607. The molecule has 2 heterocycles. The monoisotopic (exact) mass is 454 g/mol. The van der Waals surface area contributed by atoms with Crippen LogP contribution in [0.1, 0.15) is 93.5 Å². The third kappa shape index (κ3) is 5.89. The number of rotatable bonds is 8. The summed E-state index contributed by atoms with van der Waals surface area (Å²) in [6, 6.07) is 9.17. The number of amides is 3. The molecular weight excluding hydrogens is 412 g/mol. The highest BCUT2D eigenvalue weighted by Gasteiger charge is 2.41. The van der Waals surface area contributed by atoms with E-state index in [0.29, 0.717) is 29.5 Å². The molecule has 6 nitrogen and oxygen atoms in total. The van der Waals surface area contributed by atoms with Gasteiger partial charge in [0.25, 0.3) is 0 Å². The third-order valence-electron chi connectivity index (χ3n) is 8.08. The Hall–Kier alpha value is -2.08. The summed E-state index contributed by atoms with van der Waals surface area (Å²) in [6.45, 7) is 6.69. The molecule has 0 spiro atoms. The average molecular weight is 455 g/mol. The van der Waals surface area contributed by atoms with Crippen molar-refractivity contribution in [2.24, 2.45) is 11.7 Å². The van der Waals surface area contributed by atoms with E-state index in [-0.39, 0.29) is 18.0 Å². The molecule has 6 heteroatoms. The van der Waals surface area contributed by atoms with E-state index in [1.54, 1.807) is 0 Å². The maximum absolute atomic E-state index is 13.0. The van der Waals surface area contributed by atoms with Crippen molar-refractivity contribution in [3.05, 3.63) is 35.4 Å². The number of hydrogen-bond acceptors (Lipinski definition) is 3. The number of primary amides is 1. The maximum atomic E-state index is 13.0. The van der Waals surface area contributed by atoms with E-state index in [2.05, 4.69) is 21.2 Å². The van der Waals surface area contributed by atoms with Gasteiger partial charge in [-0.05, 0) is 75.8 Å². The number of nitrogens with zero attached hydrogens (tertiary/aromatic N) is 2. The van der Waals surface area contributed by atoms with E-state index >= 15 is 0 Å². The molecule has 1 aromatic rings. The molecule has 2 unspecified atom stereocenters. The van der Waals surface area contributed by atoms with Crippen molar-refractivity contribution in [1.82, 2.24) is 15.1 Å². The van der Waals surface area contributed by atoms with Gasteiger partial charge in [-0.2, -0.15) is 0 Å². The first-order valence-corrected chi connectivity index (χ1v) is 13.1. The van der Waals surface area contributed by atoms with Crippen molar-refractivity contribution in [1.29, 1.82) is 0 Å². The minimum absolute atomic E-state index is 0.0909. The van der Waals surface area contributed by atoms with Crippen LogP contribution in [0.5, 0.6) is 0 Å². The fourth-order valence-electron chi connectivity index (χ4n) is 6.50. The van der Waals surface area contributed by atoms with Crippen LogP contribution in [0.4, 0.5) is 4.79 Å². The molecule has 4 rings (SSSR count). The summed E-state index contributed by atoms with van der Waals surface area (Å²) in [5.74, 6) is 0.712. The van der Waals surface area contributed by atoms with E-state index in [1.807, 2.05) is 32.0 Å². The van der Waals surface area contributed by atoms with Crippen molar-refractivity contribution < 1.29 is 9.59 Å². The molecule has 3 fully saturated rings. The lowest BCUT2D eigenvalue weighted by Gasteiger charge is -2.41. The van der Waals surface area contributed by atoms with Crippen molar-refractivity contribution in [2.45, 2.75) is 95.7 Å². The number of hydrogen-bond donors (Lipinski definition) is 2. The highest BCUT2D eigenvalue weighted by molar-refractivity contribution is 5.94. The molecule has 0 aromatic heterocycles. The Morgan fingerprint density at radius 3 is 2.36 bits per heavy atom. The van der Waals surface area contributed by atoms with Gasteiger partial charge in [0.05, 0.1) is 0 Å². The molecule has 1 aliphatic carbocycles. The van der Waals surface area contributed by atoms with Crippen LogP contribution in [0.15, 0.2) is 24.3 Å². The predicted molar refractivity (Wildman–Crippen MR) is 132 cm³/mol. The molecule has 3 N–H and O–H groups in total. The fourth-order valence-corrected chi connectivity index (χ4v) is 6.50. The summed E-state index contributed by atoms with van der Waals surface area (Å²) in [5.41, 5.74) is 7.46. The summed E-state index contributed by atoms with van der Waals surface area (Å²) in [6.07, 6.45) is 11.0. The zero-order chi connectivity index (χ0) is 23.4. The smallest absolute Gasteiger partial charge is 0.317 e. The molecule has 0 radical (unpaired) electrons. The zero-order valence-corrected chi connectivity index (χ0v) is 20.5. The summed E-state index contributed by atoms with van der Waals surface area (Å²) >= 11 is 0. The molecule has 1 saturated carbocycles. The van der Waals surface area contributed by atoms with Gasteiger partial charge in [-0.15, -0.1) is 0 Å². The second-order valence-electron chi connectivity index (χ2n) is 10.8. The number of urea groups is 1. The highest BCUT2D eigenvalue weighted by atomic mass is 16.2.